The van der Waals surface area contributed by atoms with Crippen molar-refractivity contribution >= 4 is 0 Å². The molecule has 13 heavy (non-hydrogen) atoms. The third kappa shape index (κ3) is 4.60. The molecule has 3 heteroatoms. The van der Waals surface area contributed by atoms with Crippen molar-refractivity contribution in [3.63, 3.8) is 0 Å². The van der Waals surface area contributed by atoms with Gasteiger partial charge in [-0.15, -0.1) is 0 Å². The molecule has 0 radical (unpaired) electrons. The van der Waals surface area contributed by atoms with Crippen molar-refractivity contribution < 1.29 is 4.74 Å². The van der Waals surface area contributed by atoms with Gasteiger partial charge in [0.05, 0.1) is 6.10 Å². The van der Waals surface area contributed by atoms with Crippen LogP contribution in [0.4, 0.5) is 0 Å². The van der Waals surface area contributed by atoms with E-state index in [9.17, 15) is 0 Å². The largest absolute Gasteiger partial charge is 0.378 e. The van der Waals surface area contributed by atoms with Crippen LogP contribution in [-0.4, -0.2) is 31.8 Å². The summed E-state index contributed by atoms with van der Waals surface area (Å²) in [7, 11) is 0. The van der Waals surface area contributed by atoms with Gasteiger partial charge in [-0.25, -0.2) is 0 Å². The zero-order valence-electron chi connectivity index (χ0n) is 8.59. The first kappa shape index (κ1) is 11.0. The predicted molar refractivity (Wildman–Crippen MR) is 54.7 cm³/mol. The lowest BCUT2D eigenvalue weighted by atomic mass is 10.1. The summed E-state index contributed by atoms with van der Waals surface area (Å²) in [6, 6.07) is 0.449. The molecule has 0 aromatic heterocycles. The molecule has 1 aliphatic rings. The second kappa shape index (κ2) is 6.35. The Hall–Kier alpha value is -0.120. The van der Waals surface area contributed by atoms with Crippen LogP contribution < -0.4 is 11.1 Å². The minimum Gasteiger partial charge on any atom is -0.378 e. The number of nitrogens with one attached hydrogen (secondary N) is 1. The number of nitrogens with two attached hydrogens (primary N) is 1. The Morgan fingerprint density at radius 1 is 1.62 bits per heavy atom. The normalized spacial score (nSPS) is 24.9. The third-order valence-electron chi connectivity index (χ3n) is 2.57. The molecule has 1 saturated heterocycles. The van der Waals surface area contributed by atoms with Gasteiger partial charge >= 0.3 is 0 Å². The van der Waals surface area contributed by atoms with Crippen LogP contribution in [-0.2, 0) is 4.74 Å². The second-order valence-corrected chi connectivity index (χ2v) is 3.87. The fourth-order valence-corrected chi connectivity index (χ4v) is 1.63. The van der Waals surface area contributed by atoms with Gasteiger partial charge in [0.2, 0.25) is 0 Å². The molecule has 0 bridgehead atoms. The van der Waals surface area contributed by atoms with E-state index in [1.54, 1.807) is 0 Å². The topological polar surface area (TPSA) is 47.3 Å². The molecule has 0 saturated carbocycles. The molecular weight excluding hydrogens is 164 g/mol. The van der Waals surface area contributed by atoms with Crippen LogP contribution in [0, 0.1) is 0 Å². The Labute approximate surface area is 81.0 Å². The van der Waals surface area contributed by atoms with E-state index >= 15 is 0 Å². The van der Waals surface area contributed by atoms with Gasteiger partial charge in [-0.2, -0.15) is 0 Å². The molecule has 1 fully saturated rings. The van der Waals surface area contributed by atoms with E-state index in [1.807, 2.05) is 0 Å². The molecule has 0 amide bonds. The molecule has 2 atom stereocenters. The second-order valence-electron chi connectivity index (χ2n) is 3.87. The molecule has 1 aliphatic heterocycles. The predicted octanol–water partition coefficient (Wildman–Crippen LogP) is 0.882. The smallest absolute Gasteiger partial charge is 0.0576 e. The number of hydrogen-bond donors (Lipinski definition) is 2. The first-order chi connectivity index (χ1) is 6.33. The van der Waals surface area contributed by atoms with Gasteiger partial charge in [0.1, 0.15) is 0 Å². The molecule has 3 N–H and O–H groups in total. The maximum Gasteiger partial charge on any atom is 0.0576 e. The van der Waals surface area contributed by atoms with Crippen LogP contribution in [0.25, 0.3) is 0 Å². The minimum atomic E-state index is 0.449. The van der Waals surface area contributed by atoms with E-state index in [2.05, 4.69) is 12.2 Å². The Bertz CT molecular complexity index is 124. The molecule has 1 unspecified atom stereocenters. The fourth-order valence-electron chi connectivity index (χ4n) is 1.63. The van der Waals surface area contributed by atoms with E-state index in [4.69, 9.17) is 10.5 Å². The van der Waals surface area contributed by atoms with Gasteiger partial charge < -0.3 is 15.8 Å². The van der Waals surface area contributed by atoms with Gasteiger partial charge in [-0.1, -0.05) is 0 Å². The summed E-state index contributed by atoms with van der Waals surface area (Å²) < 4.78 is 5.53. The highest BCUT2D eigenvalue weighted by Crippen LogP contribution is 2.16. The minimum absolute atomic E-state index is 0.449. The summed E-state index contributed by atoms with van der Waals surface area (Å²) in [6.45, 7) is 4.88. The molecule has 1 rings (SSSR count). The van der Waals surface area contributed by atoms with Crippen LogP contribution in [0.15, 0.2) is 0 Å². The fraction of sp³-hybridized carbons (Fsp3) is 1.00. The molecule has 0 aromatic carbocycles. The van der Waals surface area contributed by atoms with Crippen molar-refractivity contribution in [1.29, 1.82) is 0 Å². The summed E-state index contributed by atoms with van der Waals surface area (Å²) in [5, 5.41) is 3.38. The third-order valence-corrected chi connectivity index (χ3v) is 2.57. The molecule has 0 aromatic rings. The van der Waals surface area contributed by atoms with Crippen molar-refractivity contribution in [2.45, 2.75) is 44.8 Å². The average Bonchev–Trinajstić information content (AvgIpc) is 2.64. The van der Waals surface area contributed by atoms with Crippen LogP contribution in [0.1, 0.15) is 32.6 Å². The van der Waals surface area contributed by atoms with Crippen LogP contribution in [0.2, 0.25) is 0 Å². The van der Waals surface area contributed by atoms with E-state index < -0.39 is 0 Å². The lowest BCUT2D eigenvalue weighted by Gasteiger charge is -2.12. The maximum absolute atomic E-state index is 5.53. The summed E-state index contributed by atoms with van der Waals surface area (Å²) in [5.41, 5.74) is 5.49. The molecule has 0 spiro atoms. The Kier molecular flexibility index (Phi) is 5.35. The van der Waals surface area contributed by atoms with Gasteiger partial charge in [0.15, 0.2) is 0 Å². The Morgan fingerprint density at radius 3 is 3.08 bits per heavy atom. The first-order valence-corrected chi connectivity index (χ1v) is 5.38. The van der Waals surface area contributed by atoms with Gasteiger partial charge in [0.25, 0.3) is 0 Å². The first-order valence-electron chi connectivity index (χ1n) is 5.38. The zero-order valence-corrected chi connectivity index (χ0v) is 8.59. The number of rotatable bonds is 6. The lowest BCUT2D eigenvalue weighted by molar-refractivity contribution is 0.102. The summed E-state index contributed by atoms with van der Waals surface area (Å²) in [5.74, 6) is 0. The highest BCUT2D eigenvalue weighted by atomic mass is 16.5. The molecular formula is C10H22N2O. The Balaban J connectivity index is 1.88. The molecule has 0 aliphatic carbocycles. The zero-order chi connectivity index (χ0) is 9.52. The highest BCUT2D eigenvalue weighted by Gasteiger charge is 2.14. The Morgan fingerprint density at radius 2 is 2.46 bits per heavy atom. The van der Waals surface area contributed by atoms with E-state index in [1.165, 1.54) is 25.7 Å². The lowest BCUT2D eigenvalue weighted by Crippen LogP contribution is -2.34. The summed E-state index contributed by atoms with van der Waals surface area (Å²) in [4.78, 5) is 0. The molecule has 1 heterocycles. The summed E-state index contributed by atoms with van der Waals surface area (Å²) in [6.07, 6.45) is 5.44. The number of ether oxygens (including phenoxy) is 1. The van der Waals surface area contributed by atoms with E-state index in [0.717, 1.165) is 19.7 Å². The standard InChI is InChI=1S/C10H22N2O/c1-9(8-11)12-6-2-4-10-5-3-7-13-10/h9-10,12H,2-8,11H2,1H3/t9-,10?/m0/s1. The van der Waals surface area contributed by atoms with Crippen molar-refractivity contribution in [3.05, 3.63) is 0 Å². The SMILES string of the molecule is C[C@@H](CN)NCCCC1CCCO1. The highest BCUT2D eigenvalue weighted by molar-refractivity contribution is 4.66. The van der Waals surface area contributed by atoms with Gasteiger partial charge in [-0.05, 0) is 39.2 Å². The quantitative estimate of drug-likeness (QED) is 0.605. The monoisotopic (exact) mass is 186 g/mol. The van der Waals surface area contributed by atoms with Crippen LogP contribution >= 0.6 is 0 Å². The van der Waals surface area contributed by atoms with Crippen molar-refractivity contribution in [2.75, 3.05) is 19.7 Å². The van der Waals surface area contributed by atoms with Gasteiger partial charge in [0, 0.05) is 19.2 Å². The molecule has 78 valence electrons. The average molecular weight is 186 g/mol. The number of hydrogen-bond acceptors (Lipinski definition) is 3. The van der Waals surface area contributed by atoms with Crippen LogP contribution in [0.5, 0.6) is 0 Å². The van der Waals surface area contributed by atoms with Gasteiger partial charge in [-0.3, -0.25) is 0 Å². The van der Waals surface area contributed by atoms with Crippen molar-refractivity contribution in [2.24, 2.45) is 5.73 Å². The van der Waals surface area contributed by atoms with Crippen molar-refractivity contribution in [1.82, 2.24) is 5.32 Å². The van der Waals surface area contributed by atoms with E-state index in [-0.39, 0.29) is 0 Å². The maximum atomic E-state index is 5.53. The summed E-state index contributed by atoms with van der Waals surface area (Å²) >= 11 is 0. The van der Waals surface area contributed by atoms with Crippen LogP contribution in [0.3, 0.4) is 0 Å². The van der Waals surface area contributed by atoms with Crippen molar-refractivity contribution in [3.8, 4) is 0 Å². The van der Waals surface area contributed by atoms with E-state index in [0.29, 0.717) is 12.1 Å². The molecule has 3 nitrogen and oxygen atoms in total.